The number of rotatable bonds is 4. The molecular weight excluding hydrogens is 440 g/mol. The lowest BCUT2D eigenvalue weighted by molar-refractivity contribution is 0.342. The fourth-order valence-corrected chi connectivity index (χ4v) is 5.78. The first kappa shape index (κ1) is 22.2. The van der Waals surface area contributed by atoms with Crippen LogP contribution in [0.2, 0.25) is 0 Å². The predicted molar refractivity (Wildman–Crippen MR) is 135 cm³/mol. The molecule has 35 heavy (non-hydrogen) atoms. The molecular formula is C29H30N2O4. The Kier molecular flexibility index (Phi) is 5.96. The Hall–Kier alpha value is -3.28. The fraction of sp³-hybridized carbons (Fsp3) is 0.448. The van der Waals surface area contributed by atoms with Crippen LogP contribution in [-0.2, 0) is 6.42 Å². The van der Waals surface area contributed by atoms with Gasteiger partial charge >= 0.3 is 11.3 Å². The van der Waals surface area contributed by atoms with Crippen LogP contribution in [-0.4, -0.2) is 9.97 Å². The van der Waals surface area contributed by atoms with Crippen molar-refractivity contribution in [2.45, 2.75) is 82.5 Å². The molecule has 2 aromatic carbocycles. The zero-order valence-electron chi connectivity index (χ0n) is 19.9. The lowest BCUT2D eigenvalue weighted by Gasteiger charge is -2.19. The van der Waals surface area contributed by atoms with Crippen LogP contribution in [0.15, 0.2) is 54.8 Å². The Morgan fingerprint density at radius 2 is 1.06 bits per heavy atom. The maximum absolute atomic E-state index is 12.8. The Balaban J connectivity index is 1.27. The summed E-state index contributed by atoms with van der Waals surface area (Å²) in [7, 11) is 0. The monoisotopic (exact) mass is 470 g/mol. The average Bonchev–Trinajstić information content (AvgIpc) is 2.90. The van der Waals surface area contributed by atoms with Crippen molar-refractivity contribution in [2.75, 3.05) is 0 Å². The van der Waals surface area contributed by atoms with Gasteiger partial charge in [-0.1, -0.05) is 50.7 Å². The van der Waals surface area contributed by atoms with Crippen LogP contribution in [0.3, 0.4) is 0 Å². The third kappa shape index (κ3) is 4.54. The number of hydrogen-bond donors (Lipinski definition) is 0. The van der Waals surface area contributed by atoms with Gasteiger partial charge in [0.05, 0.1) is 21.8 Å². The summed E-state index contributed by atoms with van der Waals surface area (Å²) in [5.74, 6) is 1.65. The summed E-state index contributed by atoms with van der Waals surface area (Å²) >= 11 is 0. The Labute approximate surface area is 203 Å². The third-order valence-electron chi connectivity index (χ3n) is 7.73. The van der Waals surface area contributed by atoms with E-state index < -0.39 is 0 Å². The lowest BCUT2D eigenvalue weighted by Crippen LogP contribution is -2.12. The van der Waals surface area contributed by atoms with Gasteiger partial charge in [-0.3, -0.25) is 0 Å². The summed E-state index contributed by atoms with van der Waals surface area (Å²) in [4.78, 5) is 34.9. The van der Waals surface area contributed by atoms with Gasteiger partial charge in [-0.15, -0.1) is 0 Å². The van der Waals surface area contributed by atoms with E-state index in [1.165, 1.54) is 12.8 Å². The van der Waals surface area contributed by atoms with E-state index >= 15 is 0 Å². The molecule has 0 atom stereocenters. The summed E-state index contributed by atoms with van der Waals surface area (Å²) in [6, 6.07) is 11.5. The number of benzene rings is 2. The molecule has 6 rings (SSSR count). The second-order valence-electron chi connectivity index (χ2n) is 10.2. The normalized spacial score (nSPS) is 17.8. The topological polar surface area (TPSA) is 86.2 Å². The second-order valence-corrected chi connectivity index (χ2v) is 10.2. The van der Waals surface area contributed by atoms with E-state index in [1.54, 1.807) is 0 Å². The molecule has 6 nitrogen and oxygen atoms in total. The highest BCUT2D eigenvalue weighted by Crippen LogP contribution is 2.33. The minimum absolute atomic E-state index is 0.247. The molecule has 2 aliphatic carbocycles. The van der Waals surface area contributed by atoms with Crippen molar-refractivity contribution < 1.29 is 8.83 Å². The Bertz CT molecular complexity index is 1380. The molecule has 0 saturated heterocycles. The molecule has 180 valence electrons. The van der Waals surface area contributed by atoms with Crippen LogP contribution in [0, 0.1) is 0 Å². The summed E-state index contributed by atoms with van der Waals surface area (Å²) < 4.78 is 11.3. The minimum Gasteiger partial charge on any atom is -0.408 e. The molecule has 2 heterocycles. The van der Waals surface area contributed by atoms with Gasteiger partial charge in [0.2, 0.25) is 11.8 Å². The van der Waals surface area contributed by atoms with Gasteiger partial charge in [0.15, 0.2) is 0 Å². The summed E-state index contributed by atoms with van der Waals surface area (Å²) in [6.45, 7) is 0. The highest BCUT2D eigenvalue weighted by atomic mass is 16.4. The maximum Gasteiger partial charge on any atom is 0.346 e. The standard InChI is InChI=1S/C29H30N2O4/c32-28-22-16-18(11-13-24(22)30-26(34-28)20-7-3-1-4-8-20)15-19-12-14-25-23(17-19)29(33)35-27(31-25)21-9-5-2-6-10-21/h11-14,16-17,20-21H,1-10,15H2. The van der Waals surface area contributed by atoms with Gasteiger partial charge in [0.1, 0.15) is 0 Å². The minimum atomic E-state index is -0.323. The molecule has 4 aromatic rings. The van der Waals surface area contributed by atoms with Crippen molar-refractivity contribution in [3.05, 3.63) is 80.1 Å². The van der Waals surface area contributed by atoms with E-state index in [-0.39, 0.29) is 23.1 Å². The first-order valence-corrected chi connectivity index (χ1v) is 13.0. The van der Waals surface area contributed by atoms with Crippen LogP contribution in [0.1, 0.15) is 99.0 Å². The molecule has 2 aromatic heterocycles. The molecule has 0 radical (unpaired) electrons. The van der Waals surface area contributed by atoms with Crippen LogP contribution < -0.4 is 11.3 Å². The first-order chi connectivity index (χ1) is 17.1. The van der Waals surface area contributed by atoms with Gasteiger partial charge in [0, 0.05) is 11.8 Å². The van der Waals surface area contributed by atoms with Crippen molar-refractivity contribution in [3.63, 3.8) is 0 Å². The molecule has 0 aliphatic heterocycles. The van der Waals surface area contributed by atoms with Crippen LogP contribution in [0.5, 0.6) is 0 Å². The third-order valence-corrected chi connectivity index (χ3v) is 7.73. The number of fused-ring (bicyclic) bond motifs is 2. The van der Waals surface area contributed by atoms with E-state index in [0.717, 1.165) is 62.5 Å². The first-order valence-electron chi connectivity index (χ1n) is 13.0. The van der Waals surface area contributed by atoms with Crippen molar-refractivity contribution in [1.82, 2.24) is 9.97 Å². The quantitative estimate of drug-likeness (QED) is 0.344. The van der Waals surface area contributed by atoms with Gasteiger partial charge in [-0.2, -0.15) is 0 Å². The zero-order valence-corrected chi connectivity index (χ0v) is 19.9. The van der Waals surface area contributed by atoms with E-state index in [9.17, 15) is 9.59 Å². The maximum atomic E-state index is 12.8. The molecule has 2 aliphatic rings. The summed E-state index contributed by atoms with van der Waals surface area (Å²) in [6.07, 6.45) is 11.8. The SMILES string of the molecule is O=c1oc(C2CCCCC2)nc2ccc(Cc3ccc4nc(C5CCCCC5)oc(=O)c4c3)cc12. The zero-order chi connectivity index (χ0) is 23.8. The van der Waals surface area contributed by atoms with Crippen molar-refractivity contribution >= 4 is 21.8 Å². The highest BCUT2D eigenvalue weighted by molar-refractivity contribution is 5.79. The Morgan fingerprint density at radius 1 is 0.629 bits per heavy atom. The van der Waals surface area contributed by atoms with E-state index in [0.29, 0.717) is 40.0 Å². The largest absolute Gasteiger partial charge is 0.408 e. The summed E-state index contributed by atoms with van der Waals surface area (Å²) in [5, 5.41) is 1.00. The van der Waals surface area contributed by atoms with E-state index in [2.05, 4.69) is 9.97 Å². The van der Waals surface area contributed by atoms with Crippen molar-refractivity contribution in [2.24, 2.45) is 0 Å². The molecule has 0 bridgehead atoms. The van der Waals surface area contributed by atoms with Crippen molar-refractivity contribution in [1.29, 1.82) is 0 Å². The second kappa shape index (κ2) is 9.40. The fourth-order valence-electron chi connectivity index (χ4n) is 5.78. The molecule has 0 unspecified atom stereocenters. The van der Waals surface area contributed by atoms with Crippen LogP contribution >= 0.6 is 0 Å². The summed E-state index contributed by atoms with van der Waals surface area (Å²) in [5.41, 5.74) is 2.65. The van der Waals surface area contributed by atoms with Crippen LogP contribution in [0.25, 0.3) is 21.8 Å². The van der Waals surface area contributed by atoms with E-state index in [1.807, 2.05) is 36.4 Å². The molecule has 2 fully saturated rings. The molecule has 6 heteroatoms. The van der Waals surface area contributed by atoms with Gasteiger partial charge < -0.3 is 8.83 Å². The molecule has 0 spiro atoms. The Morgan fingerprint density at radius 3 is 1.49 bits per heavy atom. The number of nitrogens with zero attached hydrogens (tertiary/aromatic N) is 2. The predicted octanol–water partition coefficient (Wildman–Crippen LogP) is 6.38. The molecule has 2 saturated carbocycles. The van der Waals surface area contributed by atoms with Gasteiger partial charge in [0.25, 0.3) is 0 Å². The molecule has 0 N–H and O–H groups in total. The van der Waals surface area contributed by atoms with Gasteiger partial charge in [-0.05, 0) is 67.5 Å². The van der Waals surface area contributed by atoms with Crippen molar-refractivity contribution in [3.8, 4) is 0 Å². The molecule has 0 amide bonds. The number of aromatic nitrogens is 2. The number of hydrogen-bond acceptors (Lipinski definition) is 6. The highest BCUT2D eigenvalue weighted by Gasteiger charge is 2.22. The average molecular weight is 471 g/mol. The van der Waals surface area contributed by atoms with Crippen LogP contribution in [0.4, 0.5) is 0 Å². The lowest BCUT2D eigenvalue weighted by atomic mass is 9.89. The van der Waals surface area contributed by atoms with Gasteiger partial charge in [-0.25, -0.2) is 19.6 Å². The van der Waals surface area contributed by atoms with E-state index in [4.69, 9.17) is 8.83 Å². The smallest absolute Gasteiger partial charge is 0.346 e.